The lowest BCUT2D eigenvalue weighted by Crippen LogP contribution is -2.17. The summed E-state index contributed by atoms with van der Waals surface area (Å²) in [5, 5.41) is 18.6. The predicted octanol–water partition coefficient (Wildman–Crippen LogP) is 1.35. The number of aliphatic hydroxyl groups excluding tert-OH is 1. The fraction of sp³-hybridized carbons (Fsp3) is 0.400. The summed E-state index contributed by atoms with van der Waals surface area (Å²) >= 11 is 5.91. The van der Waals surface area contributed by atoms with Crippen molar-refractivity contribution in [3.05, 3.63) is 16.7 Å². The molecule has 0 atom stereocenters. The maximum Gasteiger partial charge on any atom is 0.166 e. The van der Waals surface area contributed by atoms with Gasteiger partial charge in [-0.25, -0.2) is 0 Å². The predicted molar refractivity (Wildman–Crippen MR) is 54.9 cm³/mol. The van der Waals surface area contributed by atoms with Crippen LogP contribution in [-0.2, 0) is 6.42 Å². The van der Waals surface area contributed by atoms with Gasteiger partial charge in [0.2, 0.25) is 0 Å². The Balaban J connectivity index is 2.52. The first-order valence-electron chi connectivity index (χ1n) is 4.65. The summed E-state index contributed by atoms with van der Waals surface area (Å²) in [5.74, 6) is 0.953. The first-order chi connectivity index (χ1) is 7.24. The Morgan fingerprint density at radius 1 is 1.33 bits per heavy atom. The van der Waals surface area contributed by atoms with Crippen molar-refractivity contribution in [1.29, 1.82) is 0 Å². The van der Waals surface area contributed by atoms with Crippen molar-refractivity contribution >= 4 is 11.6 Å². The van der Waals surface area contributed by atoms with Gasteiger partial charge < -0.3 is 19.7 Å². The second kappa shape index (κ2) is 4.16. The molecule has 0 amide bonds. The molecule has 0 spiro atoms. The van der Waals surface area contributed by atoms with Crippen molar-refractivity contribution < 1.29 is 19.7 Å². The number of fused-ring (bicyclic) bond motifs is 1. The highest BCUT2D eigenvalue weighted by atomic mass is 35.5. The van der Waals surface area contributed by atoms with Crippen molar-refractivity contribution in [3.8, 4) is 17.2 Å². The Labute approximate surface area is 92.0 Å². The minimum absolute atomic E-state index is 0.0515. The molecule has 0 unspecified atom stereocenters. The van der Waals surface area contributed by atoms with Gasteiger partial charge in [-0.2, -0.15) is 0 Å². The van der Waals surface area contributed by atoms with Gasteiger partial charge in [-0.15, -0.1) is 0 Å². The third-order valence-electron chi connectivity index (χ3n) is 2.20. The van der Waals surface area contributed by atoms with Crippen LogP contribution in [0, 0.1) is 0 Å². The Kier molecular flexibility index (Phi) is 2.88. The number of ether oxygens (including phenoxy) is 2. The van der Waals surface area contributed by atoms with Gasteiger partial charge in [-0.1, -0.05) is 11.6 Å². The number of rotatable bonds is 2. The van der Waals surface area contributed by atoms with E-state index >= 15 is 0 Å². The molecule has 0 fully saturated rings. The molecular weight excluding hydrogens is 220 g/mol. The van der Waals surface area contributed by atoms with Crippen LogP contribution >= 0.6 is 11.6 Å². The van der Waals surface area contributed by atoms with Crippen molar-refractivity contribution in [2.75, 3.05) is 19.8 Å². The van der Waals surface area contributed by atoms with Crippen LogP contribution in [0.1, 0.15) is 5.56 Å². The van der Waals surface area contributed by atoms with E-state index in [0.29, 0.717) is 36.7 Å². The quantitative estimate of drug-likeness (QED) is 0.805. The van der Waals surface area contributed by atoms with E-state index in [0.717, 1.165) is 0 Å². The van der Waals surface area contributed by atoms with Crippen molar-refractivity contribution in [2.24, 2.45) is 0 Å². The zero-order valence-electron chi connectivity index (χ0n) is 7.99. The van der Waals surface area contributed by atoms with Gasteiger partial charge in [0.1, 0.15) is 19.0 Å². The third kappa shape index (κ3) is 1.82. The van der Waals surface area contributed by atoms with Gasteiger partial charge in [0.15, 0.2) is 11.5 Å². The molecule has 2 rings (SSSR count). The SMILES string of the molecule is OCCc1c(Cl)c(O)cc2c1OCCO2. The van der Waals surface area contributed by atoms with E-state index < -0.39 is 0 Å². The summed E-state index contributed by atoms with van der Waals surface area (Å²) in [7, 11) is 0. The minimum Gasteiger partial charge on any atom is -0.506 e. The van der Waals surface area contributed by atoms with E-state index in [-0.39, 0.29) is 17.4 Å². The molecule has 1 heterocycles. The highest BCUT2D eigenvalue weighted by Gasteiger charge is 2.21. The second-order valence-electron chi connectivity index (χ2n) is 3.19. The molecule has 0 aromatic heterocycles. The van der Waals surface area contributed by atoms with Crippen LogP contribution in [0.15, 0.2) is 6.07 Å². The number of benzene rings is 1. The Bertz CT molecular complexity index is 378. The molecule has 1 aromatic rings. The van der Waals surface area contributed by atoms with E-state index in [1.165, 1.54) is 6.07 Å². The zero-order valence-corrected chi connectivity index (χ0v) is 8.75. The largest absolute Gasteiger partial charge is 0.506 e. The van der Waals surface area contributed by atoms with Crippen LogP contribution in [0.5, 0.6) is 17.2 Å². The standard InChI is InChI=1S/C10H11ClO4/c11-9-6(1-2-12)10-8(5-7(9)13)14-3-4-15-10/h5,12-13H,1-4H2. The average molecular weight is 231 g/mol. The Morgan fingerprint density at radius 2 is 2.07 bits per heavy atom. The zero-order chi connectivity index (χ0) is 10.8. The number of phenolic OH excluding ortho intramolecular Hbond substituents is 1. The first-order valence-corrected chi connectivity index (χ1v) is 5.02. The van der Waals surface area contributed by atoms with Crippen LogP contribution in [-0.4, -0.2) is 30.0 Å². The van der Waals surface area contributed by atoms with E-state index in [2.05, 4.69) is 0 Å². The molecule has 4 nitrogen and oxygen atoms in total. The molecule has 1 aromatic carbocycles. The molecule has 0 bridgehead atoms. The molecule has 1 aliphatic rings. The van der Waals surface area contributed by atoms with Crippen LogP contribution in [0.25, 0.3) is 0 Å². The second-order valence-corrected chi connectivity index (χ2v) is 3.56. The summed E-state index contributed by atoms with van der Waals surface area (Å²) in [6.07, 6.45) is 0.332. The number of hydrogen-bond acceptors (Lipinski definition) is 4. The monoisotopic (exact) mass is 230 g/mol. The van der Waals surface area contributed by atoms with Crippen molar-refractivity contribution in [2.45, 2.75) is 6.42 Å². The maximum absolute atomic E-state index is 9.53. The van der Waals surface area contributed by atoms with E-state index in [1.807, 2.05) is 0 Å². The van der Waals surface area contributed by atoms with Gasteiger partial charge in [-0.05, 0) is 0 Å². The third-order valence-corrected chi connectivity index (χ3v) is 2.63. The minimum atomic E-state index is -0.0566. The van der Waals surface area contributed by atoms with E-state index in [9.17, 15) is 5.11 Å². The average Bonchev–Trinajstić information content (AvgIpc) is 2.25. The van der Waals surface area contributed by atoms with E-state index in [1.54, 1.807) is 0 Å². The van der Waals surface area contributed by atoms with Gasteiger partial charge in [0, 0.05) is 24.7 Å². The summed E-state index contributed by atoms with van der Waals surface area (Å²) < 4.78 is 10.7. The van der Waals surface area contributed by atoms with Gasteiger partial charge in [-0.3, -0.25) is 0 Å². The number of aromatic hydroxyl groups is 1. The highest BCUT2D eigenvalue weighted by Crippen LogP contribution is 2.43. The molecule has 15 heavy (non-hydrogen) atoms. The number of aliphatic hydroxyl groups is 1. The number of halogens is 1. The molecule has 0 aliphatic carbocycles. The smallest absolute Gasteiger partial charge is 0.166 e. The van der Waals surface area contributed by atoms with Crippen molar-refractivity contribution in [1.82, 2.24) is 0 Å². The maximum atomic E-state index is 9.53. The molecule has 0 saturated heterocycles. The molecule has 2 N–H and O–H groups in total. The van der Waals surface area contributed by atoms with Gasteiger partial charge >= 0.3 is 0 Å². The number of hydrogen-bond donors (Lipinski definition) is 2. The Morgan fingerprint density at radius 3 is 2.80 bits per heavy atom. The highest BCUT2D eigenvalue weighted by molar-refractivity contribution is 6.33. The lowest BCUT2D eigenvalue weighted by molar-refractivity contribution is 0.168. The number of phenols is 1. The summed E-state index contributed by atoms with van der Waals surface area (Å²) in [6, 6.07) is 1.43. The fourth-order valence-corrected chi connectivity index (χ4v) is 1.79. The summed E-state index contributed by atoms with van der Waals surface area (Å²) in [5.41, 5.74) is 0.592. The van der Waals surface area contributed by atoms with Crippen LogP contribution < -0.4 is 9.47 Å². The first kappa shape index (κ1) is 10.4. The summed E-state index contributed by atoms with van der Waals surface area (Å²) in [6.45, 7) is 0.845. The van der Waals surface area contributed by atoms with Gasteiger partial charge in [0.05, 0.1) is 5.02 Å². The van der Waals surface area contributed by atoms with Crippen LogP contribution in [0.2, 0.25) is 5.02 Å². The lowest BCUT2D eigenvalue weighted by Gasteiger charge is -2.22. The topological polar surface area (TPSA) is 58.9 Å². The van der Waals surface area contributed by atoms with Crippen LogP contribution in [0.4, 0.5) is 0 Å². The Hall–Kier alpha value is -1.13. The molecular formula is C10H11ClO4. The van der Waals surface area contributed by atoms with E-state index in [4.69, 9.17) is 26.2 Å². The van der Waals surface area contributed by atoms with Crippen LogP contribution in [0.3, 0.4) is 0 Å². The molecule has 0 saturated carbocycles. The lowest BCUT2D eigenvalue weighted by atomic mass is 10.1. The van der Waals surface area contributed by atoms with Gasteiger partial charge in [0.25, 0.3) is 0 Å². The molecule has 1 aliphatic heterocycles. The van der Waals surface area contributed by atoms with Crippen molar-refractivity contribution in [3.63, 3.8) is 0 Å². The summed E-state index contributed by atoms with van der Waals surface area (Å²) in [4.78, 5) is 0. The molecule has 0 radical (unpaired) electrons. The fourth-order valence-electron chi connectivity index (χ4n) is 1.55. The molecule has 82 valence electrons. The normalized spacial score (nSPS) is 14.0. The molecule has 5 heteroatoms.